The van der Waals surface area contributed by atoms with Gasteiger partial charge in [0.1, 0.15) is 5.75 Å². The van der Waals surface area contributed by atoms with Gasteiger partial charge in [-0.3, -0.25) is 0 Å². The fourth-order valence-corrected chi connectivity index (χ4v) is 1.94. The van der Waals surface area contributed by atoms with Crippen molar-refractivity contribution < 1.29 is 18.3 Å². The van der Waals surface area contributed by atoms with Crippen LogP contribution in [0.25, 0.3) is 0 Å². The van der Waals surface area contributed by atoms with Crippen molar-refractivity contribution in [2.24, 2.45) is 0 Å². The number of rotatable bonds is 10. The minimum absolute atomic E-state index is 0.110. The van der Waals surface area contributed by atoms with Gasteiger partial charge in [-0.1, -0.05) is 12.1 Å². The molecule has 1 rings (SSSR count). The summed E-state index contributed by atoms with van der Waals surface area (Å²) in [6.07, 6.45) is 3.24. The zero-order valence-electron chi connectivity index (χ0n) is 12.1. The molecular formula is C15H23F2NO2. The number of nitrogens with one attached hydrogen (secondary N) is 1. The second kappa shape index (κ2) is 9.66. The van der Waals surface area contributed by atoms with Gasteiger partial charge in [0.2, 0.25) is 0 Å². The van der Waals surface area contributed by atoms with Crippen LogP contribution >= 0.6 is 0 Å². The highest BCUT2D eigenvalue weighted by atomic mass is 19.3. The summed E-state index contributed by atoms with van der Waals surface area (Å²) in [6, 6.07) is 6.92. The molecule has 0 aliphatic heterocycles. The van der Waals surface area contributed by atoms with Gasteiger partial charge in [-0.05, 0) is 50.4 Å². The van der Waals surface area contributed by atoms with Crippen molar-refractivity contribution in [3.8, 4) is 5.75 Å². The maximum Gasteiger partial charge on any atom is 0.387 e. The molecule has 1 unspecified atom stereocenters. The van der Waals surface area contributed by atoms with Crippen molar-refractivity contribution in [2.75, 3.05) is 20.3 Å². The summed E-state index contributed by atoms with van der Waals surface area (Å²) in [7, 11) is 1.70. The van der Waals surface area contributed by atoms with E-state index in [2.05, 4.69) is 10.1 Å². The zero-order chi connectivity index (χ0) is 14.8. The van der Waals surface area contributed by atoms with E-state index in [1.807, 2.05) is 13.0 Å². The minimum Gasteiger partial charge on any atom is -0.435 e. The molecule has 0 aliphatic rings. The zero-order valence-corrected chi connectivity index (χ0v) is 12.1. The van der Waals surface area contributed by atoms with Gasteiger partial charge in [-0.2, -0.15) is 8.78 Å². The first-order chi connectivity index (χ1) is 9.63. The first-order valence-corrected chi connectivity index (χ1v) is 6.90. The van der Waals surface area contributed by atoms with Gasteiger partial charge in [0.15, 0.2) is 0 Å². The fourth-order valence-electron chi connectivity index (χ4n) is 1.94. The van der Waals surface area contributed by atoms with Gasteiger partial charge in [-0.15, -0.1) is 0 Å². The van der Waals surface area contributed by atoms with E-state index in [1.54, 1.807) is 19.2 Å². The first-order valence-electron chi connectivity index (χ1n) is 6.90. The lowest BCUT2D eigenvalue weighted by atomic mass is 10.1. The number of hydrogen-bond acceptors (Lipinski definition) is 3. The van der Waals surface area contributed by atoms with Crippen molar-refractivity contribution in [2.45, 2.75) is 38.8 Å². The van der Waals surface area contributed by atoms with Gasteiger partial charge < -0.3 is 14.8 Å². The van der Waals surface area contributed by atoms with Crippen LogP contribution < -0.4 is 10.1 Å². The monoisotopic (exact) mass is 287 g/mol. The molecule has 0 heterocycles. The van der Waals surface area contributed by atoms with E-state index in [9.17, 15) is 8.78 Å². The molecule has 20 heavy (non-hydrogen) atoms. The predicted octanol–water partition coefficient (Wildman–Crippen LogP) is 3.76. The Kier molecular flexibility index (Phi) is 8.14. The number of alkyl halides is 2. The van der Waals surface area contributed by atoms with Crippen molar-refractivity contribution in [3.05, 3.63) is 29.8 Å². The smallest absolute Gasteiger partial charge is 0.387 e. The van der Waals surface area contributed by atoms with Crippen molar-refractivity contribution in [1.82, 2.24) is 5.32 Å². The third kappa shape index (κ3) is 6.82. The standard InChI is InChI=1S/C15H23F2NO2/c1-12(18-9-4-3-5-10-19-2)13-7-6-8-14(11-13)20-15(16)17/h6-8,11-12,15,18H,3-5,9-10H2,1-2H3. The Morgan fingerprint density at radius 2 is 2.00 bits per heavy atom. The number of hydrogen-bond donors (Lipinski definition) is 1. The topological polar surface area (TPSA) is 30.5 Å². The molecule has 0 spiro atoms. The molecule has 0 fully saturated rings. The summed E-state index contributed by atoms with van der Waals surface area (Å²) >= 11 is 0. The summed E-state index contributed by atoms with van der Waals surface area (Å²) in [5, 5.41) is 3.37. The van der Waals surface area contributed by atoms with Crippen LogP contribution in [0.4, 0.5) is 8.78 Å². The van der Waals surface area contributed by atoms with E-state index < -0.39 is 6.61 Å². The minimum atomic E-state index is -2.78. The molecule has 0 radical (unpaired) electrons. The van der Waals surface area contributed by atoms with Gasteiger partial charge in [0.25, 0.3) is 0 Å². The molecule has 0 saturated carbocycles. The normalized spacial score (nSPS) is 12.7. The van der Waals surface area contributed by atoms with Crippen LogP contribution in [0.1, 0.15) is 37.8 Å². The third-order valence-corrected chi connectivity index (χ3v) is 3.06. The number of benzene rings is 1. The molecule has 1 N–H and O–H groups in total. The molecule has 1 atom stereocenters. The molecule has 114 valence electrons. The van der Waals surface area contributed by atoms with Crippen LogP contribution in [0.2, 0.25) is 0 Å². The van der Waals surface area contributed by atoms with Gasteiger partial charge >= 0.3 is 6.61 Å². The number of methoxy groups -OCH3 is 1. The second-order valence-corrected chi connectivity index (χ2v) is 4.68. The Hall–Kier alpha value is -1.20. The maximum absolute atomic E-state index is 12.2. The summed E-state index contributed by atoms with van der Waals surface area (Å²) in [5.74, 6) is 0.200. The third-order valence-electron chi connectivity index (χ3n) is 3.06. The number of unbranched alkanes of at least 4 members (excludes halogenated alkanes) is 2. The summed E-state index contributed by atoms with van der Waals surface area (Å²) in [5.41, 5.74) is 0.944. The number of halogens is 2. The van der Waals surface area contributed by atoms with Crippen LogP contribution in [0.5, 0.6) is 5.75 Å². The lowest BCUT2D eigenvalue weighted by Crippen LogP contribution is -2.20. The first kappa shape index (κ1) is 16.9. The van der Waals surface area contributed by atoms with Gasteiger partial charge in [0, 0.05) is 19.8 Å². The van der Waals surface area contributed by atoms with Crippen molar-refractivity contribution in [3.63, 3.8) is 0 Å². The Balaban J connectivity index is 2.33. The predicted molar refractivity (Wildman–Crippen MR) is 75.2 cm³/mol. The summed E-state index contributed by atoms with van der Waals surface area (Å²) in [6.45, 7) is 0.915. The van der Waals surface area contributed by atoms with Gasteiger partial charge in [-0.25, -0.2) is 0 Å². The second-order valence-electron chi connectivity index (χ2n) is 4.68. The highest BCUT2D eigenvalue weighted by Crippen LogP contribution is 2.20. The highest BCUT2D eigenvalue weighted by molar-refractivity contribution is 5.30. The fraction of sp³-hybridized carbons (Fsp3) is 0.600. The van der Waals surface area contributed by atoms with Crippen LogP contribution in [-0.4, -0.2) is 26.9 Å². The van der Waals surface area contributed by atoms with Crippen LogP contribution in [0.3, 0.4) is 0 Å². The van der Waals surface area contributed by atoms with Crippen LogP contribution in [-0.2, 0) is 4.74 Å². The SMILES string of the molecule is COCCCCCNC(C)c1cccc(OC(F)F)c1. The van der Waals surface area contributed by atoms with Crippen molar-refractivity contribution in [1.29, 1.82) is 0 Å². The van der Waals surface area contributed by atoms with E-state index in [0.29, 0.717) is 0 Å². The Labute approximate surface area is 119 Å². The molecule has 0 aromatic heterocycles. The molecule has 0 aliphatic carbocycles. The van der Waals surface area contributed by atoms with Crippen LogP contribution in [0, 0.1) is 0 Å². The lowest BCUT2D eigenvalue weighted by molar-refractivity contribution is -0.0499. The average Bonchev–Trinajstić information content (AvgIpc) is 2.42. The Morgan fingerprint density at radius 3 is 2.70 bits per heavy atom. The molecular weight excluding hydrogens is 264 g/mol. The van der Waals surface area contributed by atoms with E-state index in [1.165, 1.54) is 6.07 Å². The van der Waals surface area contributed by atoms with E-state index >= 15 is 0 Å². The molecule has 1 aromatic rings. The maximum atomic E-state index is 12.2. The largest absolute Gasteiger partial charge is 0.435 e. The van der Waals surface area contributed by atoms with E-state index in [4.69, 9.17) is 4.74 Å². The molecule has 3 nitrogen and oxygen atoms in total. The summed E-state index contributed by atoms with van der Waals surface area (Å²) < 4.78 is 33.7. The molecule has 0 saturated heterocycles. The Bertz CT molecular complexity index is 375. The molecule has 0 amide bonds. The average molecular weight is 287 g/mol. The molecule has 0 bridgehead atoms. The summed E-state index contributed by atoms with van der Waals surface area (Å²) in [4.78, 5) is 0. The van der Waals surface area contributed by atoms with Crippen molar-refractivity contribution >= 4 is 0 Å². The lowest BCUT2D eigenvalue weighted by Gasteiger charge is -2.15. The van der Waals surface area contributed by atoms with E-state index in [0.717, 1.165) is 38.0 Å². The number of ether oxygens (including phenoxy) is 2. The highest BCUT2D eigenvalue weighted by Gasteiger charge is 2.08. The van der Waals surface area contributed by atoms with Crippen LogP contribution in [0.15, 0.2) is 24.3 Å². The van der Waals surface area contributed by atoms with E-state index in [-0.39, 0.29) is 11.8 Å². The molecule has 1 aromatic carbocycles. The van der Waals surface area contributed by atoms with Gasteiger partial charge in [0.05, 0.1) is 0 Å². The Morgan fingerprint density at radius 1 is 1.20 bits per heavy atom. The molecule has 5 heteroatoms. The quantitative estimate of drug-likeness (QED) is 0.665.